The number of aryl methyl sites for hydroxylation is 1. The molecule has 4 rings (SSSR count). The number of carbonyl (C=O) groups is 1. The zero-order valence-electron chi connectivity index (χ0n) is 15.3. The SMILES string of the molecule is COCCc1cnc2n1CCN(C(=O)c1nn(C)c3ccccc13)[C@H]2C. The van der Waals surface area contributed by atoms with Crippen molar-refractivity contribution in [1.82, 2.24) is 24.2 Å². The summed E-state index contributed by atoms with van der Waals surface area (Å²) >= 11 is 0. The van der Waals surface area contributed by atoms with Crippen LogP contribution in [-0.4, -0.2) is 50.4 Å². The minimum atomic E-state index is -0.0895. The largest absolute Gasteiger partial charge is 0.384 e. The van der Waals surface area contributed by atoms with E-state index in [9.17, 15) is 4.79 Å². The smallest absolute Gasteiger partial charge is 0.275 e. The molecule has 3 heterocycles. The van der Waals surface area contributed by atoms with E-state index in [2.05, 4.69) is 14.6 Å². The van der Waals surface area contributed by atoms with Gasteiger partial charge in [-0.2, -0.15) is 5.10 Å². The van der Waals surface area contributed by atoms with Gasteiger partial charge in [-0.05, 0) is 13.0 Å². The zero-order valence-corrected chi connectivity index (χ0v) is 15.3. The molecule has 0 radical (unpaired) electrons. The van der Waals surface area contributed by atoms with Gasteiger partial charge in [0, 0.05) is 50.9 Å². The molecule has 7 heteroatoms. The van der Waals surface area contributed by atoms with E-state index in [4.69, 9.17) is 4.74 Å². The van der Waals surface area contributed by atoms with E-state index in [1.54, 1.807) is 11.8 Å². The lowest BCUT2D eigenvalue weighted by Gasteiger charge is -2.34. The van der Waals surface area contributed by atoms with Gasteiger partial charge < -0.3 is 14.2 Å². The molecular formula is C19H23N5O2. The number of nitrogens with zero attached hydrogens (tertiary/aromatic N) is 5. The summed E-state index contributed by atoms with van der Waals surface area (Å²) in [6.45, 7) is 4.09. The number of imidazole rings is 1. The number of para-hydroxylation sites is 1. The van der Waals surface area contributed by atoms with Gasteiger partial charge in [-0.15, -0.1) is 0 Å². The van der Waals surface area contributed by atoms with Crippen LogP contribution in [0.2, 0.25) is 0 Å². The number of amides is 1. The predicted octanol–water partition coefficient (Wildman–Crippen LogP) is 2.18. The number of hydrogen-bond acceptors (Lipinski definition) is 4. The third-order valence-corrected chi connectivity index (χ3v) is 5.16. The maximum atomic E-state index is 13.2. The number of ether oxygens (including phenoxy) is 1. The van der Waals surface area contributed by atoms with Crippen LogP contribution < -0.4 is 0 Å². The third-order valence-electron chi connectivity index (χ3n) is 5.16. The molecule has 1 aliphatic rings. The predicted molar refractivity (Wildman–Crippen MR) is 98.0 cm³/mol. The van der Waals surface area contributed by atoms with Gasteiger partial charge in [0.15, 0.2) is 5.69 Å². The summed E-state index contributed by atoms with van der Waals surface area (Å²) in [6.07, 6.45) is 2.73. The van der Waals surface area contributed by atoms with Crippen LogP contribution in [0.1, 0.15) is 35.0 Å². The minimum absolute atomic E-state index is 0.0398. The van der Waals surface area contributed by atoms with Crippen LogP contribution >= 0.6 is 0 Å². The molecule has 0 saturated heterocycles. The molecule has 1 amide bonds. The Morgan fingerprint density at radius 1 is 1.31 bits per heavy atom. The summed E-state index contributed by atoms with van der Waals surface area (Å²) in [6, 6.07) is 7.74. The van der Waals surface area contributed by atoms with E-state index >= 15 is 0 Å². The molecule has 0 unspecified atom stereocenters. The molecule has 0 fully saturated rings. The number of rotatable bonds is 4. The fraction of sp³-hybridized carbons (Fsp3) is 0.421. The van der Waals surface area contributed by atoms with Crippen LogP contribution in [0.3, 0.4) is 0 Å². The summed E-state index contributed by atoms with van der Waals surface area (Å²) in [5, 5.41) is 5.37. The minimum Gasteiger partial charge on any atom is -0.384 e. The van der Waals surface area contributed by atoms with E-state index in [0.29, 0.717) is 18.8 Å². The second-order valence-electron chi connectivity index (χ2n) is 6.67. The molecule has 1 aromatic carbocycles. The molecule has 7 nitrogen and oxygen atoms in total. The molecule has 0 aliphatic carbocycles. The highest BCUT2D eigenvalue weighted by atomic mass is 16.5. The third kappa shape index (κ3) is 2.59. The Kier molecular flexibility index (Phi) is 4.24. The first-order valence-electron chi connectivity index (χ1n) is 8.87. The molecule has 0 N–H and O–H groups in total. The van der Waals surface area contributed by atoms with Gasteiger partial charge in [0.05, 0.1) is 18.2 Å². The van der Waals surface area contributed by atoms with Gasteiger partial charge in [-0.1, -0.05) is 18.2 Å². The normalized spacial score (nSPS) is 16.9. The van der Waals surface area contributed by atoms with Gasteiger partial charge in [0.2, 0.25) is 0 Å². The van der Waals surface area contributed by atoms with Gasteiger partial charge in [0.1, 0.15) is 5.82 Å². The van der Waals surface area contributed by atoms with Crippen LogP contribution in [-0.2, 0) is 24.8 Å². The van der Waals surface area contributed by atoms with E-state index in [1.165, 1.54) is 0 Å². The zero-order chi connectivity index (χ0) is 18.3. The standard InChI is InChI=1S/C19H23N5O2/c1-13-18-20-12-14(8-11-26-3)24(18)10-9-23(13)19(25)17-15-6-4-5-7-16(15)22(2)21-17/h4-7,12-13H,8-11H2,1-3H3/t13-/m0/s1. The van der Waals surface area contributed by atoms with Crippen LogP contribution in [0.25, 0.3) is 10.9 Å². The van der Waals surface area contributed by atoms with Gasteiger partial charge in [-0.3, -0.25) is 9.48 Å². The maximum absolute atomic E-state index is 13.2. The average Bonchev–Trinajstić information content (AvgIpc) is 3.22. The van der Waals surface area contributed by atoms with E-state index in [-0.39, 0.29) is 11.9 Å². The molecule has 136 valence electrons. The van der Waals surface area contributed by atoms with Gasteiger partial charge >= 0.3 is 0 Å². The molecule has 3 aromatic rings. The van der Waals surface area contributed by atoms with Crippen LogP contribution in [0.15, 0.2) is 30.5 Å². The van der Waals surface area contributed by atoms with E-state index < -0.39 is 0 Å². The fourth-order valence-corrected chi connectivity index (χ4v) is 3.75. The number of aromatic nitrogens is 4. The van der Waals surface area contributed by atoms with Crippen molar-refractivity contribution in [1.29, 1.82) is 0 Å². The van der Waals surface area contributed by atoms with Crippen LogP contribution in [0, 0.1) is 0 Å². The van der Waals surface area contributed by atoms with Crippen LogP contribution in [0.4, 0.5) is 0 Å². The van der Waals surface area contributed by atoms with Gasteiger partial charge in [0.25, 0.3) is 5.91 Å². The number of methoxy groups -OCH3 is 1. The Labute approximate surface area is 152 Å². The first-order valence-corrected chi connectivity index (χ1v) is 8.87. The Hall–Kier alpha value is -2.67. The molecule has 0 spiro atoms. The van der Waals surface area contributed by atoms with Crippen molar-refractivity contribution in [3.63, 3.8) is 0 Å². The summed E-state index contributed by atoms with van der Waals surface area (Å²) in [5.41, 5.74) is 2.63. The monoisotopic (exact) mass is 353 g/mol. The van der Waals surface area contributed by atoms with Crippen molar-refractivity contribution < 1.29 is 9.53 Å². The lowest BCUT2D eigenvalue weighted by molar-refractivity contribution is 0.0630. The highest BCUT2D eigenvalue weighted by Crippen LogP contribution is 2.28. The first kappa shape index (κ1) is 16.8. The Morgan fingerprint density at radius 2 is 2.12 bits per heavy atom. The summed E-state index contributed by atoms with van der Waals surface area (Å²) in [5.74, 6) is 0.887. The number of carbonyl (C=O) groups excluding carboxylic acids is 1. The van der Waals surface area contributed by atoms with Crippen LogP contribution in [0.5, 0.6) is 0 Å². The second kappa shape index (κ2) is 6.57. The van der Waals surface area contributed by atoms with Crippen molar-refractivity contribution >= 4 is 16.8 Å². The molecule has 0 saturated carbocycles. The number of hydrogen-bond donors (Lipinski definition) is 0. The highest BCUT2D eigenvalue weighted by molar-refractivity contribution is 6.05. The van der Waals surface area contributed by atoms with E-state index in [0.717, 1.165) is 35.4 Å². The number of fused-ring (bicyclic) bond motifs is 2. The quantitative estimate of drug-likeness (QED) is 0.721. The summed E-state index contributed by atoms with van der Waals surface area (Å²) in [4.78, 5) is 19.7. The Balaban J connectivity index is 1.64. The fourth-order valence-electron chi connectivity index (χ4n) is 3.75. The molecule has 1 atom stereocenters. The molecular weight excluding hydrogens is 330 g/mol. The summed E-state index contributed by atoms with van der Waals surface area (Å²) < 4.78 is 9.15. The highest BCUT2D eigenvalue weighted by Gasteiger charge is 2.32. The molecule has 1 aliphatic heterocycles. The Bertz CT molecular complexity index is 958. The Morgan fingerprint density at radius 3 is 2.92 bits per heavy atom. The van der Waals surface area contributed by atoms with Crippen molar-refractivity contribution in [2.75, 3.05) is 20.3 Å². The first-order chi connectivity index (χ1) is 12.6. The van der Waals surface area contributed by atoms with Crippen molar-refractivity contribution in [2.45, 2.75) is 25.9 Å². The van der Waals surface area contributed by atoms with E-state index in [1.807, 2.05) is 49.3 Å². The van der Waals surface area contributed by atoms with Gasteiger partial charge in [-0.25, -0.2) is 4.98 Å². The van der Waals surface area contributed by atoms with Crippen molar-refractivity contribution in [3.8, 4) is 0 Å². The molecule has 26 heavy (non-hydrogen) atoms. The van der Waals surface area contributed by atoms with Crippen molar-refractivity contribution in [2.24, 2.45) is 7.05 Å². The maximum Gasteiger partial charge on any atom is 0.275 e. The molecule has 0 bridgehead atoms. The number of benzene rings is 1. The molecule has 2 aromatic heterocycles. The lowest BCUT2D eigenvalue weighted by Crippen LogP contribution is -2.41. The average molecular weight is 353 g/mol. The van der Waals surface area contributed by atoms with Crippen molar-refractivity contribution in [3.05, 3.63) is 47.7 Å². The lowest BCUT2D eigenvalue weighted by atomic mass is 10.1. The topological polar surface area (TPSA) is 65.2 Å². The second-order valence-corrected chi connectivity index (χ2v) is 6.67. The summed E-state index contributed by atoms with van der Waals surface area (Å²) in [7, 11) is 3.57.